The van der Waals surface area contributed by atoms with Crippen molar-refractivity contribution in [2.45, 2.75) is 31.6 Å². The maximum atomic E-state index is 13.0. The fourth-order valence-electron chi connectivity index (χ4n) is 2.33. The molecule has 0 N–H and O–H groups in total. The Labute approximate surface area is 103 Å². The first-order chi connectivity index (χ1) is 8.50. The Morgan fingerprint density at radius 2 is 2.17 bits per heavy atom. The summed E-state index contributed by atoms with van der Waals surface area (Å²) in [5, 5.41) is 4.39. The van der Waals surface area contributed by atoms with Crippen molar-refractivity contribution in [2.24, 2.45) is 0 Å². The van der Waals surface area contributed by atoms with Crippen LogP contribution in [0.4, 0.5) is 8.78 Å². The number of nitrogens with zero attached hydrogens (tertiary/aromatic N) is 3. The highest BCUT2D eigenvalue weighted by Gasteiger charge is 2.47. The fraction of sp³-hybridized carbons (Fsp3) is 0.500. The highest BCUT2D eigenvalue weighted by atomic mass is 19.3. The van der Waals surface area contributed by atoms with E-state index in [1.807, 2.05) is 6.92 Å². The standard InChI is InChI=1S/C12H13F2N3O/c1-7-6-15-10-3-9(18-2)11(16-17(7)10)8-4-12(13,14)5-8/h3,6,8H,4-5H2,1-2H3. The molecule has 0 saturated heterocycles. The van der Waals surface area contributed by atoms with Crippen LogP contribution in [-0.4, -0.2) is 27.6 Å². The van der Waals surface area contributed by atoms with Crippen LogP contribution in [0.1, 0.15) is 30.1 Å². The number of methoxy groups -OCH3 is 1. The van der Waals surface area contributed by atoms with E-state index < -0.39 is 5.92 Å². The monoisotopic (exact) mass is 253 g/mol. The lowest BCUT2D eigenvalue weighted by atomic mass is 9.79. The molecule has 2 aromatic rings. The smallest absolute Gasteiger partial charge is 0.249 e. The molecule has 1 fully saturated rings. The molecule has 0 radical (unpaired) electrons. The van der Waals surface area contributed by atoms with Crippen molar-refractivity contribution in [1.29, 1.82) is 0 Å². The zero-order valence-corrected chi connectivity index (χ0v) is 10.2. The van der Waals surface area contributed by atoms with Gasteiger partial charge in [0.2, 0.25) is 5.92 Å². The second-order valence-corrected chi connectivity index (χ2v) is 4.73. The van der Waals surface area contributed by atoms with E-state index in [0.717, 1.165) is 5.69 Å². The molecular weight excluding hydrogens is 240 g/mol. The maximum absolute atomic E-state index is 13.0. The molecule has 96 valence electrons. The van der Waals surface area contributed by atoms with Crippen molar-refractivity contribution in [2.75, 3.05) is 7.11 Å². The van der Waals surface area contributed by atoms with E-state index in [9.17, 15) is 8.78 Å². The van der Waals surface area contributed by atoms with Gasteiger partial charge in [-0.3, -0.25) is 0 Å². The molecule has 0 aliphatic heterocycles. The van der Waals surface area contributed by atoms with Crippen LogP contribution in [0, 0.1) is 6.92 Å². The van der Waals surface area contributed by atoms with E-state index in [2.05, 4.69) is 10.1 Å². The van der Waals surface area contributed by atoms with Gasteiger partial charge in [-0.1, -0.05) is 0 Å². The first kappa shape index (κ1) is 11.4. The second-order valence-electron chi connectivity index (χ2n) is 4.73. The van der Waals surface area contributed by atoms with Crippen molar-refractivity contribution < 1.29 is 13.5 Å². The zero-order valence-electron chi connectivity index (χ0n) is 10.2. The Hall–Kier alpha value is -1.72. The van der Waals surface area contributed by atoms with Gasteiger partial charge in [-0.15, -0.1) is 0 Å². The maximum Gasteiger partial charge on any atom is 0.249 e. The zero-order chi connectivity index (χ0) is 12.9. The number of fused-ring (bicyclic) bond motifs is 1. The predicted octanol–water partition coefficient (Wildman–Crippen LogP) is 2.56. The Kier molecular flexibility index (Phi) is 2.30. The summed E-state index contributed by atoms with van der Waals surface area (Å²) in [5.74, 6) is -2.26. The van der Waals surface area contributed by atoms with Crippen molar-refractivity contribution in [3.05, 3.63) is 23.7 Å². The largest absolute Gasteiger partial charge is 0.495 e. The average molecular weight is 253 g/mol. The molecule has 1 saturated carbocycles. The van der Waals surface area contributed by atoms with Crippen LogP contribution in [0.25, 0.3) is 5.65 Å². The number of aryl methyl sites for hydroxylation is 1. The van der Waals surface area contributed by atoms with Crippen molar-refractivity contribution >= 4 is 5.65 Å². The molecular formula is C12H13F2N3O. The Balaban J connectivity index is 2.06. The number of ether oxygens (including phenoxy) is 1. The molecule has 0 atom stereocenters. The minimum Gasteiger partial charge on any atom is -0.495 e. The molecule has 18 heavy (non-hydrogen) atoms. The summed E-state index contributed by atoms with van der Waals surface area (Å²) in [6, 6.07) is 1.74. The van der Waals surface area contributed by atoms with Crippen molar-refractivity contribution in [3.63, 3.8) is 0 Å². The van der Waals surface area contributed by atoms with Gasteiger partial charge in [0, 0.05) is 24.8 Å². The molecule has 0 amide bonds. The molecule has 3 rings (SSSR count). The third-order valence-corrected chi connectivity index (χ3v) is 3.35. The number of halogens is 2. The summed E-state index contributed by atoms with van der Waals surface area (Å²) in [6.45, 7) is 1.87. The number of alkyl halides is 2. The summed E-state index contributed by atoms with van der Waals surface area (Å²) >= 11 is 0. The van der Waals surface area contributed by atoms with E-state index in [1.54, 1.807) is 16.8 Å². The number of aromatic nitrogens is 3. The topological polar surface area (TPSA) is 39.4 Å². The van der Waals surface area contributed by atoms with Crippen LogP contribution in [0.15, 0.2) is 12.3 Å². The van der Waals surface area contributed by atoms with Gasteiger partial charge in [0.05, 0.1) is 19.0 Å². The lowest BCUT2D eigenvalue weighted by Crippen LogP contribution is -2.34. The second kappa shape index (κ2) is 3.63. The predicted molar refractivity (Wildman–Crippen MR) is 61.2 cm³/mol. The summed E-state index contributed by atoms with van der Waals surface area (Å²) < 4.78 is 32.8. The number of hydrogen-bond acceptors (Lipinski definition) is 3. The Morgan fingerprint density at radius 1 is 1.44 bits per heavy atom. The van der Waals surface area contributed by atoms with Crippen LogP contribution in [0.2, 0.25) is 0 Å². The van der Waals surface area contributed by atoms with E-state index in [1.165, 1.54) is 7.11 Å². The first-order valence-corrected chi connectivity index (χ1v) is 5.77. The number of hydrogen-bond donors (Lipinski definition) is 0. The van der Waals surface area contributed by atoms with Gasteiger partial charge in [0.1, 0.15) is 11.4 Å². The van der Waals surface area contributed by atoms with Gasteiger partial charge in [0.25, 0.3) is 0 Å². The molecule has 6 heteroatoms. The summed E-state index contributed by atoms with van der Waals surface area (Å²) in [4.78, 5) is 4.17. The Morgan fingerprint density at radius 3 is 2.78 bits per heavy atom. The van der Waals surface area contributed by atoms with Crippen molar-refractivity contribution in [3.8, 4) is 5.75 Å². The summed E-state index contributed by atoms with van der Waals surface area (Å²) in [5.41, 5.74) is 2.14. The number of rotatable bonds is 2. The third kappa shape index (κ3) is 1.63. The molecule has 1 aliphatic carbocycles. The highest BCUT2D eigenvalue weighted by Crippen LogP contribution is 2.49. The minimum absolute atomic E-state index is 0.157. The molecule has 0 aromatic carbocycles. The normalized spacial score (nSPS) is 18.9. The summed E-state index contributed by atoms with van der Waals surface area (Å²) in [6.07, 6.45) is 1.38. The molecule has 0 unspecified atom stereocenters. The molecule has 1 aliphatic rings. The molecule has 0 spiro atoms. The molecule has 0 bridgehead atoms. The third-order valence-electron chi connectivity index (χ3n) is 3.35. The van der Waals surface area contributed by atoms with Crippen LogP contribution in [0.3, 0.4) is 0 Å². The first-order valence-electron chi connectivity index (χ1n) is 5.77. The van der Waals surface area contributed by atoms with Gasteiger partial charge in [-0.25, -0.2) is 18.3 Å². The van der Waals surface area contributed by atoms with E-state index in [4.69, 9.17) is 4.74 Å². The van der Waals surface area contributed by atoms with Crippen LogP contribution in [-0.2, 0) is 0 Å². The van der Waals surface area contributed by atoms with Crippen molar-refractivity contribution in [1.82, 2.24) is 14.6 Å². The number of imidazole rings is 1. The summed E-state index contributed by atoms with van der Waals surface area (Å²) in [7, 11) is 1.52. The SMILES string of the molecule is COc1cc2ncc(C)n2nc1C1CC(F)(F)C1. The van der Waals surface area contributed by atoms with Crippen LogP contribution < -0.4 is 4.74 Å². The lowest BCUT2D eigenvalue weighted by Gasteiger charge is -2.34. The lowest BCUT2D eigenvalue weighted by molar-refractivity contribution is -0.0881. The van der Waals surface area contributed by atoms with Gasteiger partial charge in [-0.2, -0.15) is 5.10 Å². The molecule has 2 aromatic heterocycles. The van der Waals surface area contributed by atoms with Crippen LogP contribution >= 0.6 is 0 Å². The van der Waals surface area contributed by atoms with Gasteiger partial charge >= 0.3 is 0 Å². The highest BCUT2D eigenvalue weighted by molar-refractivity contribution is 5.47. The quantitative estimate of drug-likeness (QED) is 0.825. The van der Waals surface area contributed by atoms with Gasteiger partial charge in [0.15, 0.2) is 5.65 Å². The molecule has 2 heterocycles. The van der Waals surface area contributed by atoms with E-state index in [-0.39, 0.29) is 18.8 Å². The molecule has 4 nitrogen and oxygen atoms in total. The van der Waals surface area contributed by atoms with Gasteiger partial charge in [-0.05, 0) is 6.92 Å². The van der Waals surface area contributed by atoms with E-state index in [0.29, 0.717) is 17.1 Å². The van der Waals surface area contributed by atoms with Gasteiger partial charge < -0.3 is 4.74 Å². The van der Waals surface area contributed by atoms with E-state index >= 15 is 0 Å². The average Bonchev–Trinajstić information content (AvgIpc) is 2.66. The fourth-order valence-corrected chi connectivity index (χ4v) is 2.33. The van der Waals surface area contributed by atoms with Crippen LogP contribution in [0.5, 0.6) is 5.75 Å². The Bertz CT molecular complexity index is 601. The minimum atomic E-state index is -2.56.